The largest absolute Gasteiger partial charge is 0.508 e. The molecular formula is C16H15FN2O. The highest BCUT2D eigenvalue weighted by molar-refractivity contribution is 5.80. The number of hydrogen-bond acceptors (Lipinski definition) is 2. The molecule has 1 heterocycles. The summed E-state index contributed by atoms with van der Waals surface area (Å²) in [7, 11) is 0. The second kappa shape index (κ2) is 4.96. The van der Waals surface area contributed by atoms with Gasteiger partial charge in [0.05, 0.1) is 11.0 Å². The number of rotatable bonds is 3. The third kappa shape index (κ3) is 2.13. The second-order valence-corrected chi connectivity index (χ2v) is 4.77. The fraction of sp³-hybridized carbons (Fsp3) is 0.188. The van der Waals surface area contributed by atoms with Crippen LogP contribution >= 0.6 is 0 Å². The van der Waals surface area contributed by atoms with Gasteiger partial charge in [-0.1, -0.05) is 19.1 Å². The van der Waals surface area contributed by atoms with Gasteiger partial charge < -0.3 is 9.67 Å². The van der Waals surface area contributed by atoms with Crippen molar-refractivity contribution in [1.82, 2.24) is 9.55 Å². The summed E-state index contributed by atoms with van der Waals surface area (Å²) in [5, 5.41) is 9.62. The Hall–Kier alpha value is -2.36. The average molecular weight is 270 g/mol. The number of benzene rings is 2. The number of aromatic hydroxyl groups is 1. The first kappa shape index (κ1) is 12.7. The normalized spacial score (nSPS) is 11.1. The molecule has 0 unspecified atom stereocenters. The van der Waals surface area contributed by atoms with Crippen molar-refractivity contribution in [2.75, 3.05) is 0 Å². The Bertz CT molecular complexity index is 764. The van der Waals surface area contributed by atoms with Crippen LogP contribution in [0, 0.1) is 5.82 Å². The van der Waals surface area contributed by atoms with Crippen LogP contribution in [0.1, 0.15) is 13.3 Å². The van der Waals surface area contributed by atoms with E-state index in [9.17, 15) is 9.50 Å². The Morgan fingerprint density at radius 3 is 2.80 bits per heavy atom. The number of hydrogen-bond donors (Lipinski definition) is 1. The SMILES string of the molecule is CCCn1c(-c2cccc(O)c2)nc2cc(F)ccc21. The van der Waals surface area contributed by atoms with Crippen LogP contribution in [-0.4, -0.2) is 14.7 Å². The predicted octanol–water partition coefficient (Wildman–Crippen LogP) is 3.96. The van der Waals surface area contributed by atoms with Crippen LogP contribution < -0.4 is 0 Å². The van der Waals surface area contributed by atoms with Crippen LogP contribution in [0.15, 0.2) is 42.5 Å². The van der Waals surface area contributed by atoms with E-state index in [1.54, 1.807) is 24.3 Å². The lowest BCUT2D eigenvalue weighted by Gasteiger charge is -2.08. The van der Waals surface area contributed by atoms with Gasteiger partial charge in [0.2, 0.25) is 0 Å². The van der Waals surface area contributed by atoms with Crippen LogP contribution in [0.25, 0.3) is 22.4 Å². The van der Waals surface area contributed by atoms with Gasteiger partial charge in [0.15, 0.2) is 0 Å². The van der Waals surface area contributed by atoms with E-state index in [4.69, 9.17) is 0 Å². The Kier molecular flexibility index (Phi) is 3.14. The first-order chi connectivity index (χ1) is 9.69. The molecular weight excluding hydrogens is 255 g/mol. The highest BCUT2D eigenvalue weighted by Gasteiger charge is 2.13. The molecule has 0 bridgehead atoms. The minimum Gasteiger partial charge on any atom is -0.508 e. The fourth-order valence-corrected chi connectivity index (χ4v) is 2.42. The summed E-state index contributed by atoms with van der Waals surface area (Å²) >= 11 is 0. The number of aryl methyl sites for hydroxylation is 1. The zero-order valence-electron chi connectivity index (χ0n) is 11.2. The Labute approximate surface area is 116 Å². The van der Waals surface area contributed by atoms with Crippen molar-refractivity contribution in [1.29, 1.82) is 0 Å². The molecule has 1 N–H and O–H groups in total. The second-order valence-electron chi connectivity index (χ2n) is 4.77. The van der Waals surface area contributed by atoms with Crippen LogP contribution in [0.3, 0.4) is 0 Å². The maximum atomic E-state index is 13.3. The van der Waals surface area contributed by atoms with Crippen LogP contribution in [0.4, 0.5) is 4.39 Å². The number of imidazole rings is 1. The van der Waals surface area contributed by atoms with E-state index in [1.807, 2.05) is 6.07 Å². The molecule has 1 aromatic heterocycles. The van der Waals surface area contributed by atoms with Crippen molar-refractivity contribution in [3.05, 3.63) is 48.3 Å². The van der Waals surface area contributed by atoms with Crippen molar-refractivity contribution in [2.45, 2.75) is 19.9 Å². The summed E-state index contributed by atoms with van der Waals surface area (Å²) in [6.07, 6.45) is 0.953. The summed E-state index contributed by atoms with van der Waals surface area (Å²) in [6.45, 7) is 2.88. The molecule has 0 aliphatic carbocycles. The van der Waals surface area contributed by atoms with Gasteiger partial charge >= 0.3 is 0 Å². The fourth-order valence-electron chi connectivity index (χ4n) is 2.42. The molecule has 0 spiro atoms. The molecule has 0 aliphatic heterocycles. The summed E-state index contributed by atoms with van der Waals surface area (Å²) in [6, 6.07) is 11.6. The van der Waals surface area contributed by atoms with Gasteiger partial charge in [-0.05, 0) is 30.7 Å². The summed E-state index contributed by atoms with van der Waals surface area (Å²) in [5.74, 6) is 0.660. The van der Waals surface area contributed by atoms with Crippen molar-refractivity contribution in [3.63, 3.8) is 0 Å². The van der Waals surface area contributed by atoms with Crippen molar-refractivity contribution >= 4 is 11.0 Å². The third-order valence-electron chi connectivity index (χ3n) is 3.26. The first-order valence-corrected chi connectivity index (χ1v) is 6.64. The van der Waals surface area contributed by atoms with Crippen molar-refractivity contribution in [2.24, 2.45) is 0 Å². The topological polar surface area (TPSA) is 38.0 Å². The van der Waals surface area contributed by atoms with Crippen LogP contribution in [0.2, 0.25) is 0 Å². The highest BCUT2D eigenvalue weighted by Crippen LogP contribution is 2.27. The zero-order valence-corrected chi connectivity index (χ0v) is 11.2. The van der Waals surface area contributed by atoms with Gasteiger partial charge in [-0.25, -0.2) is 9.37 Å². The molecule has 0 amide bonds. The van der Waals surface area contributed by atoms with Crippen LogP contribution in [-0.2, 0) is 6.54 Å². The molecule has 3 nitrogen and oxygen atoms in total. The van der Waals surface area contributed by atoms with Gasteiger partial charge in [-0.2, -0.15) is 0 Å². The molecule has 0 saturated heterocycles. The van der Waals surface area contributed by atoms with Gasteiger partial charge in [0, 0.05) is 18.2 Å². The van der Waals surface area contributed by atoms with Gasteiger partial charge in [0.1, 0.15) is 17.4 Å². The maximum absolute atomic E-state index is 13.3. The highest BCUT2D eigenvalue weighted by atomic mass is 19.1. The van der Waals surface area contributed by atoms with E-state index in [2.05, 4.69) is 16.5 Å². The lowest BCUT2D eigenvalue weighted by molar-refractivity contribution is 0.475. The molecule has 0 saturated carbocycles. The molecule has 2 aromatic carbocycles. The number of aromatic nitrogens is 2. The number of phenols is 1. The third-order valence-corrected chi connectivity index (χ3v) is 3.26. The minimum absolute atomic E-state index is 0.198. The predicted molar refractivity (Wildman–Crippen MR) is 77.1 cm³/mol. The Balaban J connectivity index is 2.25. The molecule has 20 heavy (non-hydrogen) atoms. The summed E-state index contributed by atoms with van der Waals surface area (Å²) in [5.41, 5.74) is 2.37. The average Bonchev–Trinajstić information content (AvgIpc) is 2.77. The molecule has 4 heteroatoms. The Morgan fingerprint density at radius 2 is 2.05 bits per heavy atom. The van der Waals surface area contributed by atoms with Gasteiger partial charge in [-0.15, -0.1) is 0 Å². The number of fused-ring (bicyclic) bond motifs is 1. The lowest BCUT2D eigenvalue weighted by Crippen LogP contribution is -1.99. The standard InChI is InChI=1S/C16H15FN2O/c1-2-8-19-15-7-6-12(17)10-14(15)18-16(19)11-4-3-5-13(20)9-11/h3-7,9-10,20H,2,8H2,1H3. The molecule has 3 aromatic rings. The number of halogens is 1. The quantitative estimate of drug-likeness (QED) is 0.782. The molecule has 102 valence electrons. The summed E-state index contributed by atoms with van der Waals surface area (Å²) in [4.78, 5) is 4.52. The van der Waals surface area contributed by atoms with Crippen LogP contribution in [0.5, 0.6) is 5.75 Å². The minimum atomic E-state index is -0.291. The first-order valence-electron chi connectivity index (χ1n) is 6.64. The van der Waals surface area contributed by atoms with Crippen molar-refractivity contribution < 1.29 is 9.50 Å². The van der Waals surface area contributed by atoms with E-state index in [1.165, 1.54) is 12.1 Å². The lowest BCUT2D eigenvalue weighted by atomic mass is 10.2. The van der Waals surface area contributed by atoms with E-state index in [0.717, 1.165) is 29.9 Å². The van der Waals surface area contributed by atoms with E-state index >= 15 is 0 Å². The molecule has 0 radical (unpaired) electrons. The molecule has 0 atom stereocenters. The van der Waals surface area contributed by atoms with Gasteiger partial charge in [-0.3, -0.25) is 0 Å². The maximum Gasteiger partial charge on any atom is 0.141 e. The molecule has 3 rings (SSSR count). The summed E-state index contributed by atoms with van der Waals surface area (Å²) < 4.78 is 15.4. The monoisotopic (exact) mass is 270 g/mol. The van der Waals surface area contributed by atoms with Crippen molar-refractivity contribution in [3.8, 4) is 17.1 Å². The number of phenolic OH excluding ortho intramolecular Hbond substituents is 1. The molecule has 0 fully saturated rings. The molecule has 0 aliphatic rings. The smallest absolute Gasteiger partial charge is 0.141 e. The zero-order chi connectivity index (χ0) is 14.1. The van der Waals surface area contributed by atoms with E-state index < -0.39 is 0 Å². The van der Waals surface area contributed by atoms with Gasteiger partial charge in [0.25, 0.3) is 0 Å². The number of nitrogens with zero attached hydrogens (tertiary/aromatic N) is 2. The Morgan fingerprint density at radius 1 is 1.20 bits per heavy atom. The van der Waals surface area contributed by atoms with E-state index in [-0.39, 0.29) is 11.6 Å². The van der Waals surface area contributed by atoms with E-state index in [0.29, 0.717) is 5.52 Å².